The van der Waals surface area contributed by atoms with Crippen LogP contribution in [0.15, 0.2) is 42.6 Å². The highest BCUT2D eigenvalue weighted by Crippen LogP contribution is 2.35. The first kappa shape index (κ1) is 18.1. The third-order valence-electron chi connectivity index (χ3n) is 4.33. The predicted molar refractivity (Wildman–Crippen MR) is 98.9 cm³/mol. The monoisotopic (exact) mass is 328 g/mol. The number of allylic oxidation sites excluding steroid dienone is 1. The van der Waals surface area contributed by atoms with E-state index in [4.69, 9.17) is 0 Å². The molecule has 3 nitrogen and oxygen atoms in total. The van der Waals surface area contributed by atoms with Crippen LogP contribution in [-0.4, -0.2) is 51.3 Å². The van der Waals surface area contributed by atoms with Gasteiger partial charge in [-0.2, -0.15) is 0 Å². The summed E-state index contributed by atoms with van der Waals surface area (Å²) in [6.07, 6.45) is 5.27. The lowest BCUT2D eigenvalue weighted by Gasteiger charge is -2.38. The van der Waals surface area contributed by atoms with Crippen LogP contribution in [-0.2, 0) is 11.2 Å². The highest BCUT2D eigenvalue weighted by atomic mass is 27.0. The zero-order valence-electron chi connectivity index (χ0n) is 15.3. The number of rotatable bonds is 4. The highest BCUT2D eigenvalue weighted by Gasteiger charge is 2.47. The van der Waals surface area contributed by atoms with Gasteiger partial charge >= 0.3 is 0 Å². The van der Waals surface area contributed by atoms with E-state index >= 15 is 0 Å². The van der Waals surface area contributed by atoms with Crippen LogP contribution in [0.1, 0.15) is 33.3 Å². The Balaban J connectivity index is 2.35. The maximum atomic E-state index is 12.9. The number of hydrogen-bond acceptors (Lipinski definition) is 2. The highest BCUT2D eigenvalue weighted by molar-refractivity contribution is 6.12. The van der Waals surface area contributed by atoms with Gasteiger partial charge in [-0.15, -0.1) is 0 Å². The van der Waals surface area contributed by atoms with Crippen LogP contribution >= 0.6 is 0 Å². The van der Waals surface area contributed by atoms with Crippen LogP contribution in [0.25, 0.3) is 0 Å². The third-order valence-corrected chi connectivity index (χ3v) is 4.72. The molecular weight excluding hydrogens is 299 g/mol. The molecule has 0 spiro atoms. The van der Waals surface area contributed by atoms with Crippen molar-refractivity contribution in [2.45, 2.75) is 51.1 Å². The van der Waals surface area contributed by atoms with E-state index in [2.05, 4.69) is 57.0 Å². The van der Waals surface area contributed by atoms with Crippen LogP contribution in [0.5, 0.6) is 0 Å². The topological polar surface area (TPSA) is 23.6 Å². The Hall–Kier alpha value is -1.24. The largest absolute Gasteiger partial charge is 0.345 e. The lowest BCUT2D eigenvalue weighted by molar-refractivity contribution is -0.129. The summed E-state index contributed by atoms with van der Waals surface area (Å²) in [5.74, 6) is 0.222. The Labute approximate surface area is 148 Å². The second-order valence-corrected chi connectivity index (χ2v) is 9.75. The van der Waals surface area contributed by atoms with Crippen molar-refractivity contribution in [3.63, 3.8) is 0 Å². The molecule has 0 aliphatic carbocycles. The van der Waals surface area contributed by atoms with Crippen molar-refractivity contribution < 1.29 is 4.79 Å². The minimum atomic E-state index is -0.108. The molecule has 0 unspecified atom stereocenters. The standard InChI is InChI=1S/C19H27N2O.Al.2H/c1-6-7-13-21-16(14-15-11-9-8-10-12-15)17(22)20(5)18(21)19(2,3)4;;;/h6-13,16,18H,14H2,1-5H3;;;/b13-7+;;;/t16-,18+;;;/m0.../s1. The van der Waals surface area contributed by atoms with Gasteiger partial charge in [0.05, 0.1) is 0 Å². The lowest BCUT2D eigenvalue weighted by Crippen LogP contribution is -2.45. The van der Waals surface area contributed by atoms with E-state index in [1.165, 1.54) is 5.56 Å². The number of benzene rings is 1. The Morgan fingerprint density at radius 2 is 1.87 bits per heavy atom. The van der Waals surface area contributed by atoms with Gasteiger partial charge in [0.15, 0.2) is 0 Å². The summed E-state index contributed by atoms with van der Waals surface area (Å²) in [4.78, 5) is 17.1. The van der Waals surface area contributed by atoms with E-state index in [1.54, 1.807) is 0 Å². The SMILES string of the molecule is C[C@@H]([AlH2])/C=C/N1[C@H](C(C)(C)C)N(C)C(=O)[C@@H]1Cc1ccccc1. The average molecular weight is 328 g/mol. The van der Waals surface area contributed by atoms with Crippen molar-refractivity contribution in [1.82, 2.24) is 9.80 Å². The first-order valence-corrected chi connectivity index (χ1v) is 9.63. The number of likely N-dealkylation sites (N-methyl/N-ethyl adjacent to an activating group) is 1. The van der Waals surface area contributed by atoms with Crippen molar-refractivity contribution in [3.05, 3.63) is 48.2 Å². The van der Waals surface area contributed by atoms with Crippen LogP contribution < -0.4 is 0 Å². The molecule has 3 atom stereocenters. The first-order valence-electron chi connectivity index (χ1n) is 8.48. The maximum absolute atomic E-state index is 12.9. The third kappa shape index (κ3) is 4.19. The predicted octanol–water partition coefficient (Wildman–Crippen LogP) is 2.70. The minimum Gasteiger partial charge on any atom is -0.345 e. The zero-order valence-corrected chi connectivity index (χ0v) is 17.3. The summed E-state index contributed by atoms with van der Waals surface area (Å²) in [6, 6.07) is 10.2. The molecule has 0 aromatic heterocycles. The molecule has 1 aromatic rings. The molecule has 1 aromatic carbocycles. The van der Waals surface area contributed by atoms with Gasteiger partial charge < -0.3 is 9.80 Å². The minimum absolute atomic E-state index is 0.00853. The second-order valence-electron chi connectivity index (χ2n) is 7.93. The first-order chi connectivity index (χ1) is 10.7. The van der Waals surface area contributed by atoms with Crippen LogP contribution in [0.2, 0.25) is 4.78 Å². The smallest absolute Gasteiger partial charge is 0.247 e. The van der Waals surface area contributed by atoms with Gasteiger partial charge in [-0.05, 0) is 11.8 Å². The van der Waals surface area contributed by atoms with E-state index in [0.717, 1.165) is 22.7 Å². The molecule has 2 rings (SSSR count). The summed E-state index contributed by atoms with van der Waals surface area (Å²) in [5, 5.41) is 0. The van der Waals surface area contributed by atoms with E-state index in [0.29, 0.717) is 4.78 Å². The molecule has 0 N–H and O–H groups in total. The fourth-order valence-electron chi connectivity index (χ4n) is 3.37. The van der Waals surface area contributed by atoms with Gasteiger partial charge in [0, 0.05) is 18.9 Å². The van der Waals surface area contributed by atoms with Crippen molar-refractivity contribution >= 4 is 22.2 Å². The van der Waals surface area contributed by atoms with Crippen molar-refractivity contribution in [2.75, 3.05) is 7.05 Å². The Morgan fingerprint density at radius 1 is 1.26 bits per heavy atom. The van der Waals surface area contributed by atoms with Gasteiger partial charge in [0.2, 0.25) is 22.2 Å². The molecule has 0 bridgehead atoms. The lowest BCUT2D eigenvalue weighted by atomic mass is 9.91. The van der Waals surface area contributed by atoms with E-state index in [1.807, 2.05) is 30.1 Å². The number of amides is 1. The average Bonchev–Trinajstić information content (AvgIpc) is 2.70. The van der Waals surface area contributed by atoms with Crippen LogP contribution in [0, 0.1) is 5.41 Å². The molecule has 0 saturated carbocycles. The molecule has 4 heteroatoms. The van der Waals surface area contributed by atoms with Crippen molar-refractivity contribution in [2.24, 2.45) is 5.41 Å². The van der Waals surface area contributed by atoms with Crippen LogP contribution in [0.4, 0.5) is 0 Å². The van der Waals surface area contributed by atoms with Gasteiger partial charge in [-0.25, -0.2) is 0 Å². The molecular formula is C19H29AlN2O. The number of hydrogen-bond donors (Lipinski definition) is 0. The Kier molecular flexibility index (Phi) is 5.60. The van der Waals surface area contributed by atoms with Gasteiger partial charge in [0.25, 0.3) is 0 Å². The normalized spacial score (nSPS) is 23.8. The summed E-state index contributed by atoms with van der Waals surface area (Å²) >= 11 is 1.13. The van der Waals surface area contributed by atoms with Gasteiger partial charge in [0.1, 0.15) is 12.2 Å². The van der Waals surface area contributed by atoms with Crippen molar-refractivity contribution in [1.29, 1.82) is 0 Å². The number of carbonyl (C=O) groups is 1. The Morgan fingerprint density at radius 3 is 2.39 bits per heavy atom. The van der Waals surface area contributed by atoms with Gasteiger partial charge in [-0.1, -0.05) is 68.9 Å². The Bertz CT molecular complexity index is 562. The second kappa shape index (κ2) is 7.11. The molecule has 1 saturated heterocycles. The maximum Gasteiger partial charge on any atom is 0.247 e. The summed E-state index contributed by atoms with van der Waals surface area (Å²) in [6.45, 7) is 8.84. The van der Waals surface area contributed by atoms with Crippen molar-refractivity contribution in [3.8, 4) is 0 Å². The summed E-state index contributed by atoms with van der Waals surface area (Å²) in [5.41, 5.74) is 1.22. The number of nitrogens with zero attached hydrogens (tertiary/aromatic N) is 2. The fourth-order valence-corrected chi connectivity index (χ4v) is 3.54. The van der Waals surface area contributed by atoms with E-state index in [-0.39, 0.29) is 23.5 Å². The molecule has 1 amide bonds. The van der Waals surface area contributed by atoms with Gasteiger partial charge in [-0.3, -0.25) is 4.79 Å². The quantitative estimate of drug-likeness (QED) is 0.794. The molecule has 1 aliphatic heterocycles. The van der Waals surface area contributed by atoms with E-state index in [9.17, 15) is 4.79 Å². The molecule has 23 heavy (non-hydrogen) atoms. The molecule has 1 fully saturated rings. The molecule has 0 radical (unpaired) electrons. The van der Waals surface area contributed by atoms with E-state index < -0.39 is 0 Å². The summed E-state index contributed by atoms with van der Waals surface area (Å²) < 4.78 is 0.606. The fraction of sp³-hybridized carbons (Fsp3) is 0.526. The van der Waals surface area contributed by atoms with Crippen LogP contribution in [0.3, 0.4) is 0 Å². The summed E-state index contributed by atoms with van der Waals surface area (Å²) in [7, 11) is 1.94. The molecule has 124 valence electrons. The number of carbonyl (C=O) groups excluding carboxylic acids is 1. The molecule has 1 heterocycles. The zero-order chi connectivity index (χ0) is 17.2. The molecule has 1 aliphatic rings.